The Morgan fingerprint density at radius 3 is 2.61 bits per heavy atom. The zero-order chi connectivity index (χ0) is 12.8. The largest absolute Gasteiger partial charge is 0.355 e. The molecular formula is C14H24N4. The lowest BCUT2D eigenvalue weighted by atomic mass is 9.86. The molecule has 0 amide bonds. The summed E-state index contributed by atoms with van der Waals surface area (Å²) in [7, 11) is 1.99. The molecule has 0 saturated carbocycles. The molecule has 4 nitrogen and oxygen atoms in total. The molecule has 100 valence electrons. The van der Waals surface area contributed by atoms with Gasteiger partial charge in [-0.3, -0.25) is 4.68 Å². The van der Waals surface area contributed by atoms with Crippen LogP contribution < -0.4 is 4.90 Å². The van der Waals surface area contributed by atoms with Gasteiger partial charge in [-0.15, -0.1) is 0 Å². The maximum atomic E-state index is 4.53. The first-order valence-electron chi connectivity index (χ1n) is 7.07. The molecule has 0 aromatic carbocycles. The average Bonchev–Trinajstić information content (AvgIpc) is 3.01. The van der Waals surface area contributed by atoms with E-state index in [0.717, 1.165) is 5.82 Å². The van der Waals surface area contributed by atoms with E-state index in [9.17, 15) is 0 Å². The van der Waals surface area contributed by atoms with Crippen molar-refractivity contribution in [2.75, 3.05) is 31.1 Å². The summed E-state index contributed by atoms with van der Waals surface area (Å²) in [5, 5.41) is 4.53. The number of likely N-dealkylation sites (tertiary alicyclic amines) is 1. The minimum Gasteiger partial charge on any atom is -0.355 e. The summed E-state index contributed by atoms with van der Waals surface area (Å²) in [6, 6.07) is 2.82. The molecule has 1 aromatic rings. The van der Waals surface area contributed by atoms with Crippen molar-refractivity contribution >= 4 is 5.82 Å². The van der Waals surface area contributed by atoms with Crippen molar-refractivity contribution in [3.8, 4) is 0 Å². The van der Waals surface area contributed by atoms with Crippen molar-refractivity contribution < 1.29 is 0 Å². The second kappa shape index (κ2) is 4.26. The summed E-state index contributed by atoms with van der Waals surface area (Å²) >= 11 is 0. The molecule has 3 heterocycles. The Morgan fingerprint density at radius 1 is 1.22 bits per heavy atom. The molecule has 1 aromatic heterocycles. The monoisotopic (exact) mass is 248 g/mol. The van der Waals surface area contributed by atoms with E-state index in [0.29, 0.717) is 11.5 Å². The molecule has 3 rings (SSSR count). The number of rotatable bonds is 2. The van der Waals surface area contributed by atoms with Crippen LogP contribution >= 0.6 is 0 Å². The van der Waals surface area contributed by atoms with Gasteiger partial charge >= 0.3 is 0 Å². The normalized spacial score (nSPS) is 29.0. The molecule has 1 spiro atoms. The van der Waals surface area contributed by atoms with Crippen LogP contribution in [-0.2, 0) is 7.05 Å². The molecule has 0 aliphatic carbocycles. The Labute approximate surface area is 110 Å². The Kier molecular flexibility index (Phi) is 2.85. The maximum Gasteiger partial charge on any atom is 0.150 e. The van der Waals surface area contributed by atoms with E-state index in [-0.39, 0.29) is 0 Å². The molecule has 2 saturated heterocycles. The van der Waals surface area contributed by atoms with Crippen LogP contribution in [-0.4, -0.2) is 46.9 Å². The van der Waals surface area contributed by atoms with Gasteiger partial charge in [0.2, 0.25) is 0 Å². The van der Waals surface area contributed by atoms with Crippen LogP contribution in [0.25, 0.3) is 0 Å². The molecule has 0 N–H and O–H groups in total. The fourth-order valence-electron chi connectivity index (χ4n) is 3.45. The topological polar surface area (TPSA) is 24.3 Å². The molecule has 4 heteroatoms. The van der Waals surface area contributed by atoms with Crippen LogP contribution in [0.3, 0.4) is 0 Å². The van der Waals surface area contributed by atoms with Gasteiger partial charge in [0.1, 0.15) is 0 Å². The SMILES string of the molecule is CC(C)N1CCC2(CCN(c3ccn(C)n3)C2)C1. The predicted molar refractivity (Wildman–Crippen MR) is 73.8 cm³/mol. The van der Waals surface area contributed by atoms with Gasteiger partial charge < -0.3 is 9.80 Å². The van der Waals surface area contributed by atoms with E-state index in [1.54, 1.807) is 0 Å². The van der Waals surface area contributed by atoms with Crippen molar-refractivity contribution in [1.82, 2.24) is 14.7 Å². The molecule has 1 atom stereocenters. The van der Waals surface area contributed by atoms with Crippen molar-refractivity contribution in [2.24, 2.45) is 12.5 Å². The molecule has 0 bridgehead atoms. The van der Waals surface area contributed by atoms with Gasteiger partial charge in [-0.05, 0) is 33.2 Å². The summed E-state index contributed by atoms with van der Waals surface area (Å²) < 4.78 is 1.90. The van der Waals surface area contributed by atoms with Crippen LogP contribution in [0.5, 0.6) is 0 Å². The zero-order valence-electron chi connectivity index (χ0n) is 11.8. The van der Waals surface area contributed by atoms with Crippen LogP contribution in [0.2, 0.25) is 0 Å². The molecule has 18 heavy (non-hydrogen) atoms. The quantitative estimate of drug-likeness (QED) is 0.796. The highest BCUT2D eigenvalue weighted by Crippen LogP contribution is 2.41. The van der Waals surface area contributed by atoms with Gasteiger partial charge in [0, 0.05) is 50.4 Å². The standard InChI is InChI=1S/C14H24N4/c1-12(2)17-8-5-14(10-17)6-9-18(11-14)13-4-7-16(3)15-13/h4,7,12H,5-6,8-11H2,1-3H3. The second-order valence-electron chi connectivity index (χ2n) is 6.33. The first-order valence-corrected chi connectivity index (χ1v) is 7.07. The third-order valence-electron chi connectivity index (χ3n) is 4.66. The van der Waals surface area contributed by atoms with E-state index in [1.807, 2.05) is 17.9 Å². The van der Waals surface area contributed by atoms with Gasteiger partial charge in [-0.1, -0.05) is 0 Å². The molecule has 2 fully saturated rings. The molecule has 0 radical (unpaired) electrons. The molecule has 1 unspecified atom stereocenters. The smallest absolute Gasteiger partial charge is 0.150 e. The first kappa shape index (κ1) is 12.0. The number of aromatic nitrogens is 2. The predicted octanol–water partition coefficient (Wildman–Crippen LogP) is 1.73. The van der Waals surface area contributed by atoms with Gasteiger partial charge in [0.15, 0.2) is 5.82 Å². The van der Waals surface area contributed by atoms with Crippen LogP contribution in [0.1, 0.15) is 26.7 Å². The lowest BCUT2D eigenvalue weighted by molar-refractivity contribution is 0.234. The van der Waals surface area contributed by atoms with Gasteiger partial charge in [0.25, 0.3) is 0 Å². The molecular weight excluding hydrogens is 224 g/mol. The fourth-order valence-corrected chi connectivity index (χ4v) is 3.45. The summed E-state index contributed by atoms with van der Waals surface area (Å²) in [4.78, 5) is 5.09. The number of aryl methyl sites for hydroxylation is 1. The lowest BCUT2D eigenvalue weighted by Crippen LogP contribution is -2.34. The maximum absolute atomic E-state index is 4.53. The second-order valence-corrected chi connectivity index (χ2v) is 6.33. The average molecular weight is 248 g/mol. The number of hydrogen-bond donors (Lipinski definition) is 0. The van der Waals surface area contributed by atoms with E-state index in [2.05, 4.69) is 34.8 Å². The molecule has 2 aliphatic heterocycles. The van der Waals surface area contributed by atoms with Crippen LogP contribution in [0.15, 0.2) is 12.3 Å². The summed E-state index contributed by atoms with van der Waals surface area (Å²) in [5.74, 6) is 1.15. The van der Waals surface area contributed by atoms with Crippen molar-refractivity contribution in [2.45, 2.75) is 32.7 Å². The highest BCUT2D eigenvalue weighted by atomic mass is 15.3. The van der Waals surface area contributed by atoms with Crippen molar-refractivity contribution in [3.05, 3.63) is 12.3 Å². The number of nitrogens with zero attached hydrogens (tertiary/aromatic N) is 4. The third kappa shape index (κ3) is 2.03. The van der Waals surface area contributed by atoms with E-state index >= 15 is 0 Å². The Bertz CT molecular complexity index is 425. The van der Waals surface area contributed by atoms with Gasteiger partial charge in [-0.25, -0.2) is 0 Å². The highest BCUT2D eigenvalue weighted by Gasteiger charge is 2.44. The van der Waals surface area contributed by atoms with Crippen molar-refractivity contribution in [1.29, 1.82) is 0 Å². The first-order chi connectivity index (χ1) is 8.58. The van der Waals surface area contributed by atoms with Crippen molar-refractivity contribution in [3.63, 3.8) is 0 Å². The molecule has 2 aliphatic rings. The Morgan fingerprint density at radius 2 is 2.00 bits per heavy atom. The number of hydrogen-bond acceptors (Lipinski definition) is 3. The zero-order valence-corrected chi connectivity index (χ0v) is 11.8. The third-order valence-corrected chi connectivity index (χ3v) is 4.66. The van der Waals surface area contributed by atoms with Crippen LogP contribution in [0, 0.1) is 5.41 Å². The summed E-state index contributed by atoms with van der Waals surface area (Å²) in [6.07, 6.45) is 4.72. The van der Waals surface area contributed by atoms with E-state index < -0.39 is 0 Å². The minimum absolute atomic E-state index is 0.530. The van der Waals surface area contributed by atoms with Gasteiger partial charge in [-0.2, -0.15) is 5.10 Å². The highest BCUT2D eigenvalue weighted by molar-refractivity contribution is 5.39. The minimum atomic E-state index is 0.530. The van der Waals surface area contributed by atoms with E-state index in [4.69, 9.17) is 0 Å². The van der Waals surface area contributed by atoms with E-state index in [1.165, 1.54) is 39.0 Å². The number of anilines is 1. The Balaban J connectivity index is 1.68. The van der Waals surface area contributed by atoms with Gasteiger partial charge in [0.05, 0.1) is 0 Å². The summed E-state index contributed by atoms with van der Waals surface area (Å²) in [6.45, 7) is 9.52. The Hall–Kier alpha value is -1.03. The fraction of sp³-hybridized carbons (Fsp3) is 0.786. The summed E-state index contributed by atoms with van der Waals surface area (Å²) in [5.41, 5.74) is 0.530. The lowest BCUT2D eigenvalue weighted by Gasteiger charge is -2.26. The van der Waals surface area contributed by atoms with Crippen LogP contribution in [0.4, 0.5) is 5.82 Å².